The molecule has 0 fully saturated rings. The zero-order valence-electron chi connectivity index (χ0n) is 9.12. The van der Waals surface area contributed by atoms with Gasteiger partial charge in [-0.25, -0.2) is 0 Å². The lowest BCUT2D eigenvalue weighted by molar-refractivity contribution is 0.345. The van der Waals surface area contributed by atoms with Crippen LogP contribution in [-0.2, 0) is 0 Å². The summed E-state index contributed by atoms with van der Waals surface area (Å²) in [4.78, 5) is 0. The fraction of sp³-hybridized carbons (Fsp3) is 0.385. The maximum atomic E-state index is 5.72. The number of hydrogen-bond acceptors (Lipinski definition) is 2. The van der Waals surface area contributed by atoms with Crippen molar-refractivity contribution in [3.8, 4) is 5.75 Å². The van der Waals surface area contributed by atoms with Crippen LogP contribution in [0.4, 0.5) is 0 Å². The Labute approximate surface area is 91.0 Å². The summed E-state index contributed by atoms with van der Waals surface area (Å²) in [6.07, 6.45) is 3.39. The van der Waals surface area contributed by atoms with Crippen molar-refractivity contribution in [2.45, 2.75) is 13.3 Å². The molecule has 15 heavy (non-hydrogen) atoms. The third kappa shape index (κ3) is 3.10. The van der Waals surface area contributed by atoms with E-state index in [2.05, 4.69) is 30.4 Å². The van der Waals surface area contributed by atoms with Crippen molar-refractivity contribution < 1.29 is 4.74 Å². The molecule has 1 aliphatic heterocycles. The molecule has 80 valence electrons. The Bertz CT molecular complexity index is 357. The number of ether oxygens (including phenoxy) is 1. The molecule has 2 heteroatoms. The number of benzene rings is 1. The Morgan fingerprint density at radius 3 is 3.07 bits per heavy atom. The summed E-state index contributed by atoms with van der Waals surface area (Å²) < 4.78 is 5.72. The molecule has 0 atom stereocenters. The quantitative estimate of drug-likeness (QED) is 0.761. The van der Waals surface area contributed by atoms with Gasteiger partial charge in [-0.2, -0.15) is 0 Å². The molecule has 0 bridgehead atoms. The highest BCUT2D eigenvalue weighted by Crippen LogP contribution is 2.13. The predicted molar refractivity (Wildman–Crippen MR) is 62.2 cm³/mol. The Morgan fingerprint density at radius 2 is 2.33 bits per heavy atom. The highest BCUT2D eigenvalue weighted by Gasteiger charge is 2.03. The van der Waals surface area contributed by atoms with Gasteiger partial charge in [-0.05, 0) is 43.2 Å². The normalized spacial score (nSPS) is 15.9. The molecule has 0 aromatic heterocycles. The number of aryl methyl sites for hydroxylation is 1. The van der Waals surface area contributed by atoms with Crippen LogP contribution in [0, 0.1) is 6.92 Å². The minimum Gasteiger partial charge on any atom is -0.489 e. The van der Waals surface area contributed by atoms with Gasteiger partial charge in [-0.3, -0.25) is 0 Å². The van der Waals surface area contributed by atoms with E-state index in [4.69, 9.17) is 4.74 Å². The second-order valence-electron chi connectivity index (χ2n) is 3.93. The van der Waals surface area contributed by atoms with Crippen LogP contribution in [0.5, 0.6) is 5.75 Å². The average molecular weight is 203 g/mol. The first-order valence-electron chi connectivity index (χ1n) is 5.43. The predicted octanol–water partition coefficient (Wildman–Crippen LogP) is 2.29. The molecule has 1 aromatic carbocycles. The van der Waals surface area contributed by atoms with Crippen LogP contribution in [0.25, 0.3) is 0 Å². The van der Waals surface area contributed by atoms with Gasteiger partial charge >= 0.3 is 0 Å². The third-order valence-corrected chi connectivity index (χ3v) is 2.52. The monoisotopic (exact) mass is 203 g/mol. The van der Waals surface area contributed by atoms with Crippen LogP contribution in [0.2, 0.25) is 0 Å². The third-order valence-electron chi connectivity index (χ3n) is 2.52. The van der Waals surface area contributed by atoms with E-state index in [1.807, 2.05) is 12.1 Å². The van der Waals surface area contributed by atoms with Crippen LogP contribution in [0.15, 0.2) is 35.9 Å². The Kier molecular flexibility index (Phi) is 3.41. The van der Waals surface area contributed by atoms with E-state index in [-0.39, 0.29) is 0 Å². The minimum absolute atomic E-state index is 0.705. The lowest BCUT2D eigenvalue weighted by Crippen LogP contribution is -2.24. The van der Waals surface area contributed by atoms with Gasteiger partial charge in [0.25, 0.3) is 0 Å². The molecule has 2 rings (SSSR count). The molecule has 1 aromatic rings. The van der Waals surface area contributed by atoms with E-state index in [0.29, 0.717) is 6.61 Å². The van der Waals surface area contributed by atoms with Gasteiger partial charge in [0.05, 0.1) is 0 Å². The van der Waals surface area contributed by atoms with Crippen molar-refractivity contribution in [1.29, 1.82) is 0 Å². The molecule has 1 N–H and O–H groups in total. The highest BCUT2D eigenvalue weighted by atomic mass is 16.5. The van der Waals surface area contributed by atoms with Crippen molar-refractivity contribution in [2.24, 2.45) is 0 Å². The standard InChI is InChI=1S/C13H17NO/c1-11-4-2-6-13(8-11)15-10-12-5-3-7-14-9-12/h2,4-6,8,14H,3,7,9-10H2,1H3. The van der Waals surface area contributed by atoms with Crippen molar-refractivity contribution in [1.82, 2.24) is 5.32 Å². The summed E-state index contributed by atoms with van der Waals surface area (Å²) in [5.41, 5.74) is 2.59. The second kappa shape index (κ2) is 4.99. The maximum Gasteiger partial charge on any atom is 0.120 e. The average Bonchev–Trinajstić information content (AvgIpc) is 2.28. The van der Waals surface area contributed by atoms with E-state index >= 15 is 0 Å². The van der Waals surface area contributed by atoms with E-state index in [1.54, 1.807) is 0 Å². The molecule has 1 heterocycles. The van der Waals surface area contributed by atoms with Crippen molar-refractivity contribution in [3.63, 3.8) is 0 Å². The van der Waals surface area contributed by atoms with Crippen molar-refractivity contribution in [3.05, 3.63) is 41.5 Å². The molecular formula is C13H17NO. The zero-order chi connectivity index (χ0) is 10.5. The summed E-state index contributed by atoms with van der Waals surface area (Å²) in [6.45, 7) is 4.84. The zero-order valence-corrected chi connectivity index (χ0v) is 9.12. The second-order valence-corrected chi connectivity index (χ2v) is 3.93. The van der Waals surface area contributed by atoms with Gasteiger partial charge in [0, 0.05) is 6.54 Å². The van der Waals surface area contributed by atoms with Crippen molar-refractivity contribution >= 4 is 0 Å². The first kappa shape index (κ1) is 10.2. The van der Waals surface area contributed by atoms with Gasteiger partial charge in [-0.15, -0.1) is 0 Å². The number of nitrogens with one attached hydrogen (secondary N) is 1. The number of hydrogen-bond donors (Lipinski definition) is 1. The first-order chi connectivity index (χ1) is 7.34. The van der Waals surface area contributed by atoms with E-state index in [0.717, 1.165) is 25.3 Å². The first-order valence-corrected chi connectivity index (χ1v) is 5.43. The topological polar surface area (TPSA) is 21.3 Å². The lowest BCUT2D eigenvalue weighted by atomic mass is 10.1. The highest BCUT2D eigenvalue weighted by molar-refractivity contribution is 5.28. The summed E-state index contributed by atoms with van der Waals surface area (Å²) in [5.74, 6) is 0.960. The molecular weight excluding hydrogens is 186 g/mol. The smallest absolute Gasteiger partial charge is 0.120 e. The summed E-state index contributed by atoms with van der Waals surface area (Å²) in [5, 5.41) is 3.33. The number of rotatable bonds is 3. The van der Waals surface area contributed by atoms with E-state index in [9.17, 15) is 0 Å². The molecule has 0 saturated heterocycles. The molecule has 0 aliphatic carbocycles. The molecule has 1 aliphatic rings. The maximum absolute atomic E-state index is 5.72. The molecule has 0 unspecified atom stereocenters. The largest absolute Gasteiger partial charge is 0.489 e. The summed E-state index contributed by atoms with van der Waals surface area (Å²) >= 11 is 0. The fourth-order valence-electron chi connectivity index (χ4n) is 1.69. The van der Waals surface area contributed by atoms with Gasteiger partial charge in [0.2, 0.25) is 0 Å². The Balaban J connectivity index is 1.90. The van der Waals surface area contributed by atoms with Gasteiger partial charge in [0.1, 0.15) is 12.4 Å². The Hall–Kier alpha value is -1.28. The molecule has 0 amide bonds. The van der Waals surface area contributed by atoms with Gasteiger partial charge < -0.3 is 10.1 Å². The van der Waals surface area contributed by atoms with Crippen molar-refractivity contribution in [2.75, 3.05) is 19.7 Å². The lowest BCUT2D eigenvalue weighted by Gasteiger charge is -2.15. The molecule has 2 nitrogen and oxygen atoms in total. The van der Waals surface area contributed by atoms with Crippen LogP contribution in [0.1, 0.15) is 12.0 Å². The molecule has 0 radical (unpaired) electrons. The van der Waals surface area contributed by atoms with Crippen LogP contribution in [-0.4, -0.2) is 19.7 Å². The van der Waals surface area contributed by atoms with Crippen LogP contribution in [0.3, 0.4) is 0 Å². The molecule has 0 spiro atoms. The summed E-state index contributed by atoms with van der Waals surface area (Å²) in [6, 6.07) is 8.17. The minimum atomic E-state index is 0.705. The molecule has 0 saturated carbocycles. The van der Waals surface area contributed by atoms with Gasteiger partial charge in [0.15, 0.2) is 0 Å². The van der Waals surface area contributed by atoms with Crippen LogP contribution < -0.4 is 10.1 Å². The van der Waals surface area contributed by atoms with Crippen LogP contribution >= 0.6 is 0 Å². The fourth-order valence-corrected chi connectivity index (χ4v) is 1.69. The summed E-state index contributed by atoms with van der Waals surface area (Å²) in [7, 11) is 0. The SMILES string of the molecule is Cc1cccc(OCC2=CCCNC2)c1. The van der Waals surface area contributed by atoms with Gasteiger partial charge in [-0.1, -0.05) is 18.2 Å². The van der Waals surface area contributed by atoms with E-state index < -0.39 is 0 Å². The Morgan fingerprint density at radius 1 is 1.40 bits per heavy atom. The van der Waals surface area contributed by atoms with E-state index in [1.165, 1.54) is 11.1 Å².